The van der Waals surface area contributed by atoms with Crippen molar-refractivity contribution < 1.29 is 14.7 Å². The summed E-state index contributed by atoms with van der Waals surface area (Å²) in [7, 11) is 1.79. The predicted octanol–water partition coefficient (Wildman–Crippen LogP) is 2.52. The molecule has 1 aromatic carbocycles. The van der Waals surface area contributed by atoms with Gasteiger partial charge in [-0.1, -0.05) is 18.2 Å². The van der Waals surface area contributed by atoms with E-state index in [1.165, 1.54) is 0 Å². The van der Waals surface area contributed by atoms with Crippen molar-refractivity contribution in [3.63, 3.8) is 0 Å². The summed E-state index contributed by atoms with van der Waals surface area (Å²) in [6.07, 6.45) is 2.52. The van der Waals surface area contributed by atoms with Crippen molar-refractivity contribution in [2.45, 2.75) is 26.2 Å². The number of aromatic carboxylic acids is 1. The summed E-state index contributed by atoms with van der Waals surface area (Å²) in [5.41, 5.74) is 2.71. The van der Waals surface area contributed by atoms with Gasteiger partial charge < -0.3 is 10.0 Å². The van der Waals surface area contributed by atoms with E-state index in [9.17, 15) is 14.7 Å². The molecule has 1 saturated heterocycles. The zero-order chi connectivity index (χ0) is 18.0. The maximum atomic E-state index is 12.6. The van der Waals surface area contributed by atoms with Crippen LogP contribution in [-0.2, 0) is 13.5 Å². The molecule has 1 aromatic heterocycles. The summed E-state index contributed by atoms with van der Waals surface area (Å²) in [6, 6.07) is 8.99. The second kappa shape index (κ2) is 7.09. The van der Waals surface area contributed by atoms with Crippen LogP contribution in [0.4, 0.5) is 0 Å². The van der Waals surface area contributed by atoms with Crippen LogP contribution in [0.1, 0.15) is 44.9 Å². The summed E-state index contributed by atoms with van der Waals surface area (Å²) in [6.45, 7) is 3.27. The Morgan fingerprint density at radius 1 is 1.24 bits per heavy atom. The molecule has 1 aliphatic rings. The lowest BCUT2D eigenvalue weighted by atomic mass is 9.88. The minimum atomic E-state index is -0.880. The molecule has 0 saturated carbocycles. The van der Waals surface area contributed by atoms with Gasteiger partial charge in [-0.3, -0.25) is 9.48 Å². The molecule has 132 valence electrons. The van der Waals surface area contributed by atoms with Crippen LogP contribution in [0, 0.1) is 12.8 Å². The SMILES string of the molecule is Cc1cc(C(=O)N2CCC(Cc3ccccc3C(=O)O)CC2)n(C)n1. The monoisotopic (exact) mass is 341 g/mol. The molecule has 0 atom stereocenters. The Hall–Kier alpha value is -2.63. The Labute approximate surface area is 147 Å². The molecule has 1 amide bonds. The van der Waals surface area contributed by atoms with Crippen LogP contribution in [0.15, 0.2) is 30.3 Å². The quantitative estimate of drug-likeness (QED) is 0.927. The number of likely N-dealkylation sites (tertiary alicyclic amines) is 1. The maximum Gasteiger partial charge on any atom is 0.335 e. The van der Waals surface area contributed by atoms with Gasteiger partial charge in [0, 0.05) is 20.1 Å². The Morgan fingerprint density at radius 3 is 2.52 bits per heavy atom. The molecular formula is C19H23N3O3. The number of carboxylic acids is 1. The number of nitrogens with zero attached hydrogens (tertiary/aromatic N) is 3. The molecule has 0 aliphatic carbocycles. The van der Waals surface area contributed by atoms with Crippen molar-refractivity contribution in [1.82, 2.24) is 14.7 Å². The van der Waals surface area contributed by atoms with E-state index in [0.717, 1.165) is 30.5 Å². The lowest BCUT2D eigenvalue weighted by Gasteiger charge is -2.32. The highest BCUT2D eigenvalue weighted by Crippen LogP contribution is 2.24. The summed E-state index contributed by atoms with van der Waals surface area (Å²) >= 11 is 0. The van der Waals surface area contributed by atoms with E-state index < -0.39 is 5.97 Å². The zero-order valence-corrected chi connectivity index (χ0v) is 14.6. The number of piperidine rings is 1. The fourth-order valence-electron chi connectivity index (χ4n) is 3.53. The van der Waals surface area contributed by atoms with Crippen LogP contribution < -0.4 is 0 Å². The van der Waals surface area contributed by atoms with Gasteiger partial charge in [-0.15, -0.1) is 0 Å². The molecule has 2 aromatic rings. The molecule has 2 heterocycles. The second-order valence-electron chi connectivity index (χ2n) is 6.70. The molecule has 1 fully saturated rings. The fourth-order valence-corrected chi connectivity index (χ4v) is 3.53. The number of rotatable bonds is 4. The molecule has 25 heavy (non-hydrogen) atoms. The molecular weight excluding hydrogens is 318 g/mol. The third-order valence-corrected chi connectivity index (χ3v) is 4.88. The highest BCUT2D eigenvalue weighted by Gasteiger charge is 2.26. The highest BCUT2D eigenvalue weighted by molar-refractivity contribution is 5.92. The van der Waals surface area contributed by atoms with Crippen molar-refractivity contribution in [2.24, 2.45) is 13.0 Å². The normalized spacial score (nSPS) is 15.4. The third kappa shape index (κ3) is 3.73. The minimum absolute atomic E-state index is 0.0208. The van der Waals surface area contributed by atoms with Gasteiger partial charge in [-0.25, -0.2) is 4.79 Å². The first-order chi connectivity index (χ1) is 12.0. The molecule has 0 spiro atoms. The van der Waals surface area contributed by atoms with Crippen molar-refractivity contribution >= 4 is 11.9 Å². The van der Waals surface area contributed by atoms with Crippen LogP contribution in [0.25, 0.3) is 0 Å². The number of amides is 1. The first-order valence-corrected chi connectivity index (χ1v) is 8.57. The van der Waals surface area contributed by atoms with Crippen LogP contribution in [0.2, 0.25) is 0 Å². The number of carboxylic acid groups (broad SMARTS) is 1. The lowest BCUT2D eigenvalue weighted by Crippen LogP contribution is -2.39. The van der Waals surface area contributed by atoms with Crippen LogP contribution in [-0.4, -0.2) is 44.8 Å². The van der Waals surface area contributed by atoms with Gasteiger partial charge in [0.1, 0.15) is 5.69 Å². The van der Waals surface area contributed by atoms with E-state index in [1.54, 1.807) is 23.9 Å². The Morgan fingerprint density at radius 2 is 1.92 bits per heavy atom. The molecule has 6 heteroatoms. The number of hydrogen-bond donors (Lipinski definition) is 1. The highest BCUT2D eigenvalue weighted by atomic mass is 16.4. The van der Waals surface area contributed by atoms with Gasteiger partial charge in [0.25, 0.3) is 5.91 Å². The summed E-state index contributed by atoms with van der Waals surface area (Å²) in [5.74, 6) is -0.458. The van der Waals surface area contributed by atoms with Crippen LogP contribution >= 0.6 is 0 Å². The van der Waals surface area contributed by atoms with Gasteiger partial charge in [0.2, 0.25) is 0 Å². The zero-order valence-electron chi connectivity index (χ0n) is 14.6. The number of carbonyl (C=O) groups is 2. The van der Waals surface area contributed by atoms with Gasteiger partial charge in [-0.2, -0.15) is 5.10 Å². The fraction of sp³-hybridized carbons (Fsp3) is 0.421. The number of hydrogen-bond acceptors (Lipinski definition) is 3. The van der Waals surface area contributed by atoms with E-state index in [1.807, 2.05) is 30.0 Å². The third-order valence-electron chi connectivity index (χ3n) is 4.88. The van der Waals surface area contributed by atoms with E-state index in [0.29, 0.717) is 30.3 Å². The topological polar surface area (TPSA) is 75.4 Å². The van der Waals surface area contributed by atoms with Crippen molar-refractivity contribution in [1.29, 1.82) is 0 Å². The second-order valence-corrected chi connectivity index (χ2v) is 6.70. The van der Waals surface area contributed by atoms with Gasteiger partial charge in [0.05, 0.1) is 11.3 Å². The summed E-state index contributed by atoms with van der Waals surface area (Å²) in [5, 5.41) is 13.5. The van der Waals surface area contributed by atoms with Gasteiger partial charge >= 0.3 is 5.97 Å². The maximum absolute atomic E-state index is 12.6. The molecule has 6 nitrogen and oxygen atoms in total. The standard InChI is InChI=1S/C19H23N3O3/c1-13-11-17(21(2)20-13)18(23)22-9-7-14(8-10-22)12-15-5-3-4-6-16(15)19(24)25/h3-6,11,14H,7-10,12H2,1-2H3,(H,24,25). The first-order valence-electron chi connectivity index (χ1n) is 8.57. The lowest BCUT2D eigenvalue weighted by molar-refractivity contribution is 0.0679. The van der Waals surface area contributed by atoms with E-state index in [2.05, 4.69) is 5.10 Å². The average molecular weight is 341 g/mol. The molecule has 1 N–H and O–H groups in total. The molecule has 0 unspecified atom stereocenters. The van der Waals surface area contributed by atoms with Gasteiger partial charge in [0.15, 0.2) is 0 Å². The Kier molecular flexibility index (Phi) is 4.88. The largest absolute Gasteiger partial charge is 0.478 e. The van der Waals surface area contributed by atoms with Crippen molar-refractivity contribution in [2.75, 3.05) is 13.1 Å². The number of benzene rings is 1. The molecule has 0 radical (unpaired) electrons. The smallest absolute Gasteiger partial charge is 0.335 e. The number of aromatic nitrogens is 2. The van der Waals surface area contributed by atoms with Crippen LogP contribution in [0.3, 0.4) is 0 Å². The van der Waals surface area contributed by atoms with Crippen LogP contribution in [0.5, 0.6) is 0 Å². The molecule has 0 bridgehead atoms. The summed E-state index contributed by atoms with van der Waals surface area (Å²) < 4.78 is 1.63. The van der Waals surface area contributed by atoms with E-state index >= 15 is 0 Å². The Balaban J connectivity index is 1.62. The molecule has 1 aliphatic heterocycles. The number of aryl methyl sites for hydroxylation is 2. The summed E-state index contributed by atoms with van der Waals surface area (Å²) in [4.78, 5) is 25.8. The predicted molar refractivity (Wildman–Crippen MR) is 93.7 cm³/mol. The van der Waals surface area contributed by atoms with E-state index in [4.69, 9.17) is 0 Å². The van der Waals surface area contributed by atoms with Gasteiger partial charge in [-0.05, 0) is 49.8 Å². The first kappa shape index (κ1) is 17.2. The number of carbonyl (C=O) groups excluding carboxylic acids is 1. The van der Waals surface area contributed by atoms with Crippen molar-refractivity contribution in [3.8, 4) is 0 Å². The average Bonchev–Trinajstić information content (AvgIpc) is 2.93. The van der Waals surface area contributed by atoms with E-state index in [-0.39, 0.29) is 5.91 Å². The minimum Gasteiger partial charge on any atom is -0.478 e. The van der Waals surface area contributed by atoms with Crippen molar-refractivity contribution in [3.05, 3.63) is 52.8 Å². The molecule has 3 rings (SSSR count). The Bertz CT molecular complexity index is 789.